The van der Waals surface area contributed by atoms with Gasteiger partial charge in [-0.15, -0.1) is 0 Å². The molecule has 23 heavy (non-hydrogen) atoms. The van der Waals surface area contributed by atoms with Crippen molar-refractivity contribution in [2.24, 2.45) is 5.92 Å². The second-order valence-corrected chi connectivity index (χ2v) is 8.60. The molecule has 0 aromatic heterocycles. The standard InChI is InChI=1S/C15H28N2O5S/c1-3-7-23(20,21)17-6-4-5-13(9-17)15(19)16-8-12(2)22-14(10-16)11-18/h12-14,18H,3-11H2,1-2H3/t12-,13-,14+/m0/s1. The van der Waals surface area contributed by atoms with Crippen LogP contribution in [0.1, 0.15) is 33.1 Å². The van der Waals surface area contributed by atoms with Crippen LogP contribution in [0.4, 0.5) is 0 Å². The van der Waals surface area contributed by atoms with E-state index in [0.29, 0.717) is 38.9 Å². The fourth-order valence-corrected chi connectivity index (χ4v) is 4.96. The van der Waals surface area contributed by atoms with Gasteiger partial charge in [-0.3, -0.25) is 4.79 Å². The van der Waals surface area contributed by atoms with E-state index in [1.807, 2.05) is 13.8 Å². The number of rotatable bonds is 5. The van der Waals surface area contributed by atoms with Crippen molar-refractivity contribution in [3.8, 4) is 0 Å². The molecule has 0 radical (unpaired) electrons. The van der Waals surface area contributed by atoms with Gasteiger partial charge in [-0.1, -0.05) is 6.92 Å². The Bertz CT molecular complexity index is 510. The van der Waals surface area contributed by atoms with Gasteiger partial charge in [0.15, 0.2) is 0 Å². The second-order valence-electron chi connectivity index (χ2n) is 6.51. The molecule has 2 aliphatic rings. The van der Waals surface area contributed by atoms with Gasteiger partial charge in [0.2, 0.25) is 15.9 Å². The van der Waals surface area contributed by atoms with E-state index in [1.54, 1.807) is 4.90 Å². The Kier molecular flexibility index (Phi) is 6.41. The summed E-state index contributed by atoms with van der Waals surface area (Å²) in [5, 5.41) is 9.28. The third-order valence-electron chi connectivity index (χ3n) is 4.43. The summed E-state index contributed by atoms with van der Waals surface area (Å²) < 4.78 is 31.5. The Morgan fingerprint density at radius 3 is 2.70 bits per heavy atom. The summed E-state index contributed by atoms with van der Waals surface area (Å²) >= 11 is 0. The van der Waals surface area contributed by atoms with E-state index in [-0.39, 0.29) is 42.9 Å². The molecule has 0 unspecified atom stereocenters. The number of aliphatic hydroxyl groups is 1. The average molecular weight is 348 g/mol. The van der Waals surface area contributed by atoms with E-state index >= 15 is 0 Å². The molecule has 2 fully saturated rings. The van der Waals surface area contributed by atoms with Gasteiger partial charge in [-0.25, -0.2) is 12.7 Å². The third kappa shape index (κ3) is 4.65. The molecule has 0 aliphatic carbocycles. The van der Waals surface area contributed by atoms with Gasteiger partial charge in [0.25, 0.3) is 0 Å². The first-order chi connectivity index (χ1) is 10.9. The van der Waals surface area contributed by atoms with Crippen molar-refractivity contribution >= 4 is 15.9 Å². The van der Waals surface area contributed by atoms with Crippen LogP contribution in [0.5, 0.6) is 0 Å². The van der Waals surface area contributed by atoms with Crippen molar-refractivity contribution in [3.05, 3.63) is 0 Å². The Morgan fingerprint density at radius 1 is 1.30 bits per heavy atom. The summed E-state index contributed by atoms with van der Waals surface area (Å²) in [6, 6.07) is 0. The number of hydrogen-bond acceptors (Lipinski definition) is 5. The van der Waals surface area contributed by atoms with Crippen LogP contribution in [-0.2, 0) is 19.6 Å². The smallest absolute Gasteiger partial charge is 0.227 e. The molecular weight excluding hydrogens is 320 g/mol. The van der Waals surface area contributed by atoms with Gasteiger partial charge < -0.3 is 14.7 Å². The fraction of sp³-hybridized carbons (Fsp3) is 0.933. The predicted octanol–water partition coefficient (Wildman–Crippen LogP) is 0.0464. The summed E-state index contributed by atoms with van der Waals surface area (Å²) in [7, 11) is -3.26. The minimum Gasteiger partial charge on any atom is -0.394 e. The molecule has 134 valence electrons. The molecule has 3 atom stereocenters. The molecule has 8 heteroatoms. The molecule has 1 N–H and O–H groups in total. The molecule has 0 bridgehead atoms. The SMILES string of the molecule is CCCS(=O)(=O)N1CCC[C@H](C(=O)N2C[C@H](CO)O[C@@H](C)C2)C1. The topological polar surface area (TPSA) is 87.2 Å². The van der Waals surface area contributed by atoms with Crippen LogP contribution in [-0.4, -0.2) is 79.4 Å². The highest BCUT2D eigenvalue weighted by molar-refractivity contribution is 7.89. The largest absolute Gasteiger partial charge is 0.394 e. The minimum atomic E-state index is -3.26. The molecule has 0 spiro atoms. The zero-order valence-corrected chi connectivity index (χ0v) is 14.8. The Labute approximate surface area is 138 Å². The molecule has 7 nitrogen and oxygen atoms in total. The number of sulfonamides is 1. The molecule has 0 aromatic carbocycles. The van der Waals surface area contributed by atoms with Gasteiger partial charge in [-0.05, 0) is 26.2 Å². The van der Waals surface area contributed by atoms with E-state index in [9.17, 15) is 18.3 Å². The van der Waals surface area contributed by atoms with E-state index in [1.165, 1.54) is 4.31 Å². The van der Waals surface area contributed by atoms with Crippen LogP contribution in [0.25, 0.3) is 0 Å². The second kappa shape index (κ2) is 7.92. The first-order valence-corrected chi connectivity index (χ1v) is 10.0. The summed E-state index contributed by atoms with van der Waals surface area (Å²) in [6.07, 6.45) is 1.53. The first-order valence-electron chi connectivity index (χ1n) is 8.40. The van der Waals surface area contributed by atoms with Crippen LogP contribution >= 0.6 is 0 Å². The quantitative estimate of drug-likeness (QED) is 0.758. The molecule has 1 amide bonds. The highest BCUT2D eigenvalue weighted by Crippen LogP contribution is 2.23. The highest BCUT2D eigenvalue weighted by atomic mass is 32.2. The van der Waals surface area contributed by atoms with Crippen molar-refractivity contribution in [2.75, 3.05) is 38.5 Å². The molecule has 2 aliphatic heterocycles. The number of hydrogen-bond donors (Lipinski definition) is 1. The molecular formula is C15H28N2O5S. The van der Waals surface area contributed by atoms with Crippen LogP contribution in [0.2, 0.25) is 0 Å². The minimum absolute atomic E-state index is 0.0185. The molecule has 2 saturated heterocycles. The third-order valence-corrected chi connectivity index (χ3v) is 6.47. The number of aliphatic hydroxyl groups excluding tert-OH is 1. The maximum Gasteiger partial charge on any atom is 0.227 e. The van der Waals surface area contributed by atoms with Crippen molar-refractivity contribution in [1.82, 2.24) is 9.21 Å². The first kappa shape index (κ1) is 18.6. The lowest BCUT2D eigenvalue weighted by Crippen LogP contribution is -2.54. The molecule has 0 aromatic rings. The number of piperidine rings is 1. The number of ether oxygens (including phenoxy) is 1. The Balaban J connectivity index is 2.01. The Hall–Kier alpha value is -0.700. The molecule has 2 rings (SSSR count). The average Bonchev–Trinajstić information content (AvgIpc) is 2.53. The summed E-state index contributed by atoms with van der Waals surface area (Å²) in [5.74, 6) is -0.176. The molecule has 0 saturated carbocycles. The molecule has 2 heterocycles. The van der Waals surface area contributed by atoms with Crippen molar-refractivity contribution in [1.29, 1.82) is 0 Å². The van der Waals surface area contributed by atoms with Crippen molar-refractivity contribution in [3.63, 3.8) is 0 Å². The Morgan fingerprint density at radius 2 is 2.04 bits per heavy atom. The zero-order chi connectivity index (χ0) is 17.0. The predicted molar refractivity (Wildman–Crippen MR) is 86.4 cm³/mol. The van der Waals surface area contributed by atoms with Gasteiger partial charge in [-0.2, -0.15) is 0 Å². The van der Waals surface area contributed by atoms with Gasteiger partial charge >= 0.3 is 0 Å². The van der Waals surface area contributed by atoms with Crippen LogP contribution in [0.15, 0.2) is 0 Å². The van der Waals surface area contributed by atoms with Crippen molar-refractivity contribution < 1.29 is 23.1 Å². The van der Waals surface area contributed by atoms with E-state index in [2.05, 4.69) is 0 Å². The van der Waals surface area contributed by atoms with Crippen LogP contribution in [0, 0.1) is 5.92 Å². The fourth-order valence-electron chi connectivity index (χ4n) is 3.37. The summed E-state index contributed by atoms with van der Waals surface area (Å²) in [4.78, 5) is 14.5. The number of nitrogens with zero attached hydrogens (tertiary/aromatic N) is 2. The lowest BCUT2D eigenvalue weighted by atomic mass is 9.97. The zero-order valence-electron chi connectivity index (χ0n) is 14.0. The lowest BCUT2D eigenvalue weighted by molar-refractivity contribution is -0.152. The van der Waals surface area contributed by atoms with Crippen LogP contribution < -0.4 is 0 Å². The van der Waals surface area contributed by atoms with Gasteiger partial charge in [0.1, 0.15) is 0 Å². The maximum atomic E-state index is 12.8. The van der Waals surface area contributed by atoms with E-state index < -0.39 is 10.0 Å². The summed E-state index contributed by atoms with van der Waals surface area (Å²) in [6.45, 7) is 5.25. The number of carbonyl (C=O) groups excluding carboxylic acids is 1. The van der Waals surface area contributed by atoms with E-state index in [0.717, 1.165) is 0 Å². The summed E-state index contributed by atoms with van der Waals surface area (Å²) in [5.41, 5.74) is 0. The van der Waals surface area contributed by atoms with Crippen LogP contribution in [0.3, 0.4) is 0 Å². The van der Waals surface area contributed by atoms with Crippen molar-refractivity contribution in [2.45, 2.75) is 45.3 Å². The van der Waals surface area contributed by atoms with Gasteiger partial charge in [0, 0.05) is 26.2 Å². The number of morpholine rings is 1. The number of amides is 1. The maximum absolute atomic E-state index is 12.8. The lowest BCUT2D eigenvalue weighted by Gasteiger charge is -2.39. The van der Waals surface area contributed by atoms with E-state index in [4.69, 9.17) is 4.74 Å². The highest BCUT2D eigenvalue weighted by Gasteiger charge is 2.36. The van der Waals surface area contributed by atoms with Gasteiger partial charge in [0.05, 0.1) is 30.5 Å². The number of carbonyl (C=O) groups is 1. The monoisotopic (exact) mass is 348 g/mol. The normalized spacial score (nSPS) is 30.4.